The second-order valence-corrected chi connectivity index (χ2v) is 7.56. The molecule has 2 fully saturated rings. The standard InChI is InChI=1S/C14H15F2NO4S/c15-14(16)7-11(14)10-3-1-2-4-12(10)22(20,21)17-9-5-8(6-9)13(18)19/h1-4,8-9,11,17H,5-7H2,(H,18,19). The molecule has 0 spiro atoms. The Balaban J connectivity index is 1.78. The van der Waals surface area contributed by atoms with Gasteiger partial charge in [0.05, 0.1) is 16.7 Å². The van der Waals surface area contributed by atoms with E-state index >= 15 is 0 Å². The van der Waals surface area contributed by atoms with Gasteiger partial charge in [0.2, 0.25) is 10.0 Å². The third-order valence-electron chi connectivity index (χ3n) is 4.22. The van der Waals surface area contributed by atoms with Crippen molar-refractivity contribution in [3.8, 4) is 0 Å². The fourth-order valence-corrected chi connectivity index (χ4v) is 4.30. The summed E-state index contributed by atoms with van der Waals surface area (Å²) in [4.78, 5) is 10.6. The third kappa shape index (κ3) is 2.72. The molecule has 0 bridgehead atoms. The fraction of sp³-hybridized carbons (Fsp3) is 0.500. The summed E-state index contributed by atoms with van der Waals surface area (Å²) in [6.07, 6.45) is 0.0939. The van der Waals surface area contributed by atoms with Crippen LogP contribution < -0.4 is 4.72 Å². The Morgan fingerprint density at radius 2 is 1.86 bits per heavy atom. The van der Waals surface area contributed by atoms with Crippen LogP contribution in [0, 0.1) is 5.92 Å². The maximum atomic E-state index is 13.2. The summed E-state index contributed by atoms with van der Waals surface area (Å²) in [7, 11) is -3.93. The van der Waals surface area contributed by atoms with Crippen molar-refractivity contribution in [3.05, 3.63) is 29.8 Å². The number of aliphatic carboxylic acids is 1. The van der Waals surface area contributed by atoms with Crippen molar-refractivity contribution < 1.29 is 27.1 Å². The van der Waals surface area contributed by atoms with Crippen LogP contribution in [0.2, 0.25) is 0 Å². The first-order chi connectivity index (χ1) is 10.2. The summed E-state index contributed by atoms with van der Waals surface area (Å²) in [5, 5.41) is 8.79. The first-order valence-electron chi connectivity index (χ1n) is 6.92. The van der Waals surface area contributed by atoms with E-state index in [2.05, 4.69) is 4.72 Å². The predicted octanol–water partition coefficient (Wildman–Crippen LogP) is 1.95. The number of carboxylic acids is 1. The highest BCUT2D eigenvalue weighted by Crippen LogP contribution is 2.56. The molecule has 0 heterocycles. The molecule has 0 aromatic heterocycles. The molecule has 1 unspecified atom stereocenters. The minimum atomic E-state index is -3.93. The molecule has 0 saturated heterocycles. The monoisotopic (exact) mass is 331 g/mol. The van der Waals surface area contributed by atoms with Crippen molar-refractivity contribution in [1.29, 1.82) is 0 Å². The van der Waals surface area contributed by atoms with E-state index in [4.69, 9.17) is 5.11 Å². The van der Waals surface area contributed by atoms with Crippen LogP contribution in [-0.4, -0.2) is 31.5 Å². The van der Waals surface area contributed by atoms with E-state index in [9.17, 15) is 22.0 Å². The van der Waals surface area contributed by atoms with Gasteiger partial charge >= 0.3 is 5.97 Å². The van der Waals surface area contributed by atoms with Gasteiger partial charge in [-0.3, -0.25) is 4.79 Å². The lowest BCUT2D eigenvalue weighted by Crippen LogP contribution is -2.46. The molecule has 2 saturated carbocycles. The number of alkyl halides is 2. The first kappa shape index (κ1) is 15.4. The number of hydrogen-bond donors (Lipinski definition) is 2. The summed E-state index contributed by atoms with van der Waals surface area (Å²) in [5.41, 5.74) is 0.120. The van der Waals surface area contributed by atoms with Crippen LogP contribution in [0.1, 0.15) is 30.7 Å². The lowest BCUT2D eigenvalue weighted by atomic mass is 9.81. The number of benzene rings is 1. The molecule has 22 heavy (non-hydrogen) atoms. The molecule has 8 heteroatoms. The van der Waals surface area contributed by atoms with Gasteiger partial charge in [0.25, 0.3) is 5.92 Å². The molecule has 5 nitrogen and oxygen atoms in total. The average Bonchev–Trinajstić information content (AvgIpc) is 3.02. The maximum absolute atomic E-state index is 13.2. The van der Waals surface area contributed by atoms with Crippen LogP contribution in [0.15, 0.2) is 29.2 Å². The Morgan fingerprint density at radius 3 is 2.41 bits per heavy atom. The molecule has 1 aromatic carbocycles. The molecule has 0 aliphatic heterocycles. The topological polar surface area (TPSA) is 83.5 Å². The Hall–Kier alpha value is -1.54. The fourth-order valence-electron chi connectivity index (χ4n) is 2.76. The lowest BCUT2D eigenvalue weighted by Gasteiger charge is -2.32. The number of carbonyl (C=O) groups is 1. The summed E-state index contributed by atoms with van der Waals surface area (Å²) >= 11 is 0. The highest BCUT2D eigenvalue weighted by Gasteiger charge is 2.58. The summed E-state index contributed by atoms with van der Waals surface area (Å²) in [6, 6.07) is 5.27. The van der Waals surface area contributed by atoms with Gasteiger partial charge in [-0.15, -0.1) is 0 Å². The quantitative estimate of drug-likeness (QED) is 0.864. The molecule has 2 N–H and O–H groups in total. The highest BCUT2D eigenvalue weighted by atomic mass is 32.2. The van der Waals surface area contributed by atoms with E-state index in [1.807, 2.05) is 0 Å². The number of hydrogen-bond acceptors (Lipinski definition) is 3. The molecule has 2 aliphatic carbocycles. The van der Waals surface area contributed by atoms with Gasteiger partial charge in [-0.25, -0.2) is 21.9 Å². The lowest BCUT2D eigenvalue weighted by molar-refractivity contribution is -0.145. The first-order valence-corrected chi connectivity index (χ1v) is 8.41. The van der Waals surface area contributed by atoms with Gasteiger partial charge < -0.3 is 5.11 Å². The number of sulfonamides is 1. The SMILES string of the molecule is O=C(O)C1CC(NS(=O)(=O)c2ccccc2C2CC2(F)F)C1. The second-order valence-electron chi connectivity index (χ2n) is 5.88. The average molecular weight is 331 g/mol. The predicted molar refractivity (Wildman–Crippen MR) is 73.2 cm³/mol. The van der Waals surface area contributed by atoms with Crippen molar-refractivity contribution >= 4 is 16.0 Å². The Kier molecular flexibility index (Phi) is 3.48. The van der Waals surface area contributed by atoms with Gasteiger partial charge in [0.1, 0.15) is 0 Å². The third-order valence-corrected chi connectivity index (χ3v) is 5.81. The molecule has 2 aliphatic rings. The van der Waals surface area contributed by atoms with Crippen molar-refractivity contribution in [1.82, 2.24) is 4.72 Å². The van der Waals surface area contributed by atoms with Crippen LogP contribution in [0.5, 0.6) is 0 Å². The minimum Gasteiger partial charge on any atom is -0.481 e. The minimum absolute atomic E-state index is 0.120. The molecule has 0 amide bonds. The Labute approximate surface area is 126 Å². The number of halogens is 2. The van der Waals surface area contributed by atoms with Crippen LogP contribution in [0.25, 0.3) is 0 Å². The van der Waals surface area contributed by atoms with E-state index in [1.165, 1.54) is 24.3 Å². The van der Waals surface area contributed by atoms with Crippen molar-refractivity contribution in [2.24, 2.45) is 5.92 Å². The van der Waals surface area contributed by atoms with E-state index in [-0.39, 0.29) is 29.7 Å². The van der Waals surface area contributed by atoms with E-state index in [0.29, 0.717) is 0 Å². The van der Waals surface area contributed by atoms with Gasteiger partial charge in [-0.05, 0) is 24.5 Å². The molecule has 0 radical (unpaired) electrons. The van der Waals surface area contributed by atoms with Crippen LogP contribution in [0.4, 0.5) is 8.78 Å². The summed E-state index contributed by atoms with van der Waals surface area (Å²) in [6.45, 7) is 0. The smallest absolute Gasteiger partial charge is 0.306 e. The normalized spacial score (nSPS) is 29.6. The zero-order chi connectivity index (χ0) is 16.1. The van der Waals surface area contributed by atoms with Gasteiger partial charge in [0, 0.05) is 12.5 Å². The number of carboxylic acid groups (broad SMARTS) is 1. The summed E-state index contributed by atoms with van der Waals surface area (Å²) < 4.78 is 53.7. The molecule has 120 valence electrons. The second kappa shape index (κ2) is 4.99. The van der Waals surface area contributed by atoms with E-state index in [0.717, 1.165) is 0 Å². The van der Waals surface area contributed by atoms with E-state index < -0.39 is 39.8 Å². The van der Waals surface area contributed by atoms with Crippen molar-refractivity contribution in [2.75, 3.05) is 0 Å². The molecule has 1 aromatic rings. The number of nitrogens with one attached hydrogen (secondary N) is 1. The molecular weight excluding hydrogens is 316 g/mol. The molecule has 3 rings (SSSR count). The van der Waals surface area contributed by atoms with Gasteiger partial charge in [-0.2, -0.15) is 0 Å². The molecule has 1 atom stereocenters. The molecular formula is C14H15F2NO4S. The zero-order valence-electron chi connectivity index (χ0n) is 11.5. The van der Waals surface area contributed by atoms with Gasteiger partial charge in [-0.1, -0.05) is 18.2 Å². The summed E-state index contributed by atoms with van der Waals surface area (Å²) in [5.74, 6) is -5.41. The maximum Gasteiger partial charge on any atom is 0.306 e. The van der Waals surface area contributed by atoms with E-state index in [1.54, 1.807) is 0 Å². The zero-order valence-corrected chi connectivity index (χ0v) is 12.3. The Bertz CT molecular complexity index is 713. The van der Waals surface area contributed by atoms with Crippen molar-refractivity contribution in [3.63, 3.8) is 0 Å². The Morgan fingerprint density at radius 1 is 1.27 bits per heavy atom. The number of rotatable bonds is 5. The van der Waals surface area contributed by atoms with Gasteiger partial charge in [0.15, 0.2) is 0 Å². The van der Waals surface area contributed by atoms with Crippen LogP contribution >= 0.6 is 0 Å². The highest BCUT2D eigenvalue weighted by molar-refractivity contribution is 7.89. The largest absolute Gasteiger partial charge is 0.481 e. The van der Waals surface area contributed by atoms with Crippen LogP contribution in [0.3, 0.4) is 0 Å². The van der Waals surface area contributed by atoms with Crippen LogP contribution in [-0.2, 0) is 14.8 Å². The van der Waals surface area contributed by atoms with Crippen molar-refractivity contribution in [2.45, 2.75) is 42.0 Å².